The van der Waals surface area contributed by atoms with Crippen molar-refractivity contribution in [3.63, 3.8) is 0 Å². The molecule has 3 nitrogen and oxygen atoms in total. The molecule has 1 fully saturated rings. The van der Waals surface area contributed by atoms with Crippen LogP contribution in [-0.4, -0.2) is 42.2 Å². The SMILES string of the molecule is OCOCC1CO1.[SiH4]. The number of aliphatic hydroxyl groups excluding tert-OH is 1. The Balaban J connectivity index is 0.000000490. The van der Waals surface area contributed by atoms with E-state index < -0.39 is 0 Å². The summed E-state index contributed by atoms with van der Waals surface area (Å²) in [4.78, 5) is 0. The summed E-state index contributed by atoms with van der Waals surface area (Å²) in [5, 5.41) is 8.07. The molecule has 1 N–H and O–H groups in total. The van der Waals surface area contributed by atoms with E-state index in [-0.39, 0.29) is 23.9 Å². The zero-order valence-electron chi connectivity index (χ0n) is 3.96. The van der Waals surface area contributed by atoms with Crippen molar-refractivity contribution >= 4 is 11.0 Å². The summed E-state index contributed by atoms with van der Waals surface area (Å²) < 4.78 is 9.36. The average Bonchev–Trinajstić information content (AvgIpc) is 2.42. The first-order chi connectivity index (χ1) is 3.43. The molecule has 0 aromatic heterocycles. The number of hydrogen-bond donors (Lipinski definition) is 1. The summed E-state index contributed by atoms with van der Waals surface area (Å²) in [6.07, 6.45) is 0.271. The lowest BCUT2D eigenvalue weighted by Crippen LogP contribution is -2.00. The van der Waals surface area contributed by atoms with E-state index in [1.54, 1.807) is 0 Å². The maximum atomic E-state index is 8.07. The number of ether oxygens (including phenoxy) is 2. The van der Waals surface area contributed by atoms with Gasteiger partial charge in [0.15, 0.2) is 0 Å². The lowest BCUT2D eigenvalue weighted by atomic mass is 10.5. The Bertz CT molecular complexity index is 55.2. The molecule has 0 saturated carbocycles. The molecule has 8 heavy (non-hydrogen) atoms. The van der Waals surface area contributed by atoms with Crippen LogP contribution in [0.2, 0.25) is 0 Å². The number of epoxide rings is 1. The fourth-order valence-electron chi connectivity index (χ4n) is 0.348. The van der Waals surface area contributed by atoms with Gasteiger partial charge in [0.2, 0.25) is 0 Å². The van der Waals surface area contributed by atoms with E-state index in [1.165, 1.54) is 0 Å². The molecular formula is C4H12O3Si. The molecule has 0 aliphatic carbocycles. The quantitative estimate of drug-likeness (QED) is 0.274. The second kappa shape index (κ2) is 4.02. The van der Waals surface area contributed by atoms with Gasteiger partial charge in [0.1, 0.15) is 12.9 Å². The predicted molar refractivity (Wildman–Crippen MR) is 34.1 cm³/mol. The molecule has 1 aliphatic heterocycles. The Kier molecular flexibility index (Phi) is 4.07. The number of rotatable bonds is 3. The smallest absolute Gasteiger partial charge is 0.143 e. The largest absolute Gasteiger partial charge is 0.371 e. The van der Waals surface area contributed by atoms with Crippen LogP contribution in [0.15, 0.2) is 0 Å². The van der Waals surface area contributed by atoms with E-state index in [4.69, 9.17) is 9.84 Å². The van der Waals surface area contributed by atoms with Gasteiger partial charge in [-0.05, 0) is 11.0 Å². The van der Waals surface area contributed by atoms with Gasteiger partial charge in [0, 0.05) is 0 Å². The summed E-state index contributed by atoms with van der Waals surface area (Å²) in [6, 6.07) is 0. The van der Waals surface area contributed by atoms with Crippen LogP contribution in [0, 0.1) is 0 Å². The van der Waals surface area contributed by atoms with Gasteiger partial charge in [-0.15, -0.1) is 0 Å². The molecule has 0 amide bonds. The van der Waals surface area contributed by atoms with Crippen molar-refractivity contribution < 1.29 is 14.6 Å². The highest BCUT2D eigenvalue weighted by atomic mass is 28.1. The van der Waals surface area contributed by atoms with Gasteiger partial charge in [0.05, 0.1) is 13.2 Å². The van der Waals surface area contributed by atoms with Gasteiger partial charge >= 0.3 is 0 Å². The fourth-order valence-corrected chi connectivity index (χ4v) is 0.348. The Morgan fingerprint density at radius 2 is 2.38 bits per heavy atom. The summed E-state index contributed by atoms with van der Waals surface area (Å²) in [7, 11) is 0. The normalized spacial score (nSPS) is 24.4. The first-order valence-electron chi connectivity index (χ1n) is 2.23. The molecule has 0 spiro atoms. The van der Waals surface area contributed by atoms with Gasteiger partial charge in [-0.2, -0.15) is 0 Å². The molecule has 50 valence electrons. The standard InChI is InChI=1S/C4H8O3.H4Si/c5-3-6-1-4-2-7-4;/h4-5H,1-3H2;1H4. The van der Waals surface area contributed by atoms with Crippen LogP contribution in [-0.2, 0) is 9.47 Å². The third-order valence-corrected chi connectivity index (χ3v) is 0.797. The van der Waals surface area contributed by atoms with Crippen LogP contribution in [0.25, 0.3) is 0 Å². The van der Waals surface area contributed by atoms with Crippen LogP contribution in [0.4, 0.5) is 0 Å². The van der Waals surface area contributed by atoms with E-state index in [9.17, 15) is 0 Å². The van der Waals surface area contributed by atoms with Crippen molar-refractivity contribution in [3.05, 3.63) is 0 Å². The van der Waals surface area contributed by atoms with Crippen molar-refractivity contribution in [1.82, 2.24) is 0 Å². The minimum atomic E-state index is -0.195. The third-order valence-electron chi connectivity index (χ3n) is 0.797. The number of hydrogen-bond acceptors (Lipinski definition) is 3. The molecule has 0 aromatic rings. The summed E-state index contributed by atoms with van der Waals surface area (Å²) in [6.45, 7) is 1.14. The topological polar surface area (TPSA) is 42.0 Å². The molecule has 4 heteroatoms. The highest BCUT2D eigenvalue weighted by Gasteiger charge is 2.21. The molecule has 1 heterocycles. The molecule has 1 aliphatic rings. The van der Waals surface area contributed by atoms with Crippen molar-refractivity contribution in [3.8, 4) is 0 Å². The Morgan fingerprint density at radius 3 is 2.75 bits per heavy atom. The van der Waals surface area contributed by atoms with Crippen molar-refractivity contribution in [2.45, 2.75) is 6.10 Å². The Hall–Kier alpha value is 0.0969. The van der Waals surface area contributed by atoms with E-state index in [0.29, 0.717) is 6.61 Å². The molecular weight excluding hydrogens is 124 g/mol. The molecule has 0 radical (unpaired) electrons. The van der Waals surface area contributed by atoms with E-state index in [0.717, 1.165) is 6.61 Å². The lowest BCUT2D eigenvalue weighted by molar-refractivity contribution is -0.00757. The third kappa shape index (κ3) is 3.14. The van der Waals surface area contributed by atoms with Crippen molar-refractivity contribution in [2.75, 3.05) is 20.0 Å². The van der Waals surface area contributed by atoms with Crippen LogP contribution < -0.4 is 0 Å². The van der Waals surface area contributed by atoms with E-state index in [1.807, 2.05) is 0 Å². The average molecular weight is 136 g/mol. The zero-order chi connectivity index (χ0) is 5.11. The van der Waals surface area contributed by atoms with Crippen LogP contribution in [0.3, 0.4) is 0 Å². The monoisotopic (exact) mass is 136 g/mol. The highest BCUT2D eigenvalue weighted by molar-refractivity contribution is 5.75. The second-order valence-electron chi connectivity index (χ2n) is 1.46. The summed E-state index contributed by atoms with van der Waals surface area (Å²) >= 11 is 0. The van der Waals surface area contributed by atoms with Gasteiger partial charge in [-0.25, -0.2) is 0 Å². The maximum absolute atomic E-state index is 8.07. The van der Waals surface area contributed by atoms with E-state index in [2.05, 4.69) is 4.74 Å². The maximum Gasteiger partial charge on any atom is 0.143 e. The Morgan fingerprint density at radius 1 is 1.75 bits per heavy atom. The molecule has 0 aromatic carbocycles. The Labute approximate surface area is 52.6 Å². The van der Waals surface area contributed by atoms with Gasteiger partial charge < -0.3 is 14.6 Å². The first-order valence-corrected chi connectivity index (χ1v) is 2.23. The van der Waals surface area contributed by atoms with E-state index >= 15 is 0 Å². The summed E-state index contributed by atoms with van der Waals surface area (Å²) in [5.41, 5.74) is 0. The van der Waals surface area contributed by atoms with Crippen LogP contribution in [0.5, 0.6) is 0 Å². The predicted octanol–water partition coefficient (Wildman–Crippen LogP) is -2.10. The molecule has 0 bridgehead atoms. The minimum Gasteiger partial charge on any atom is -0.371 e. The zero-order valence-corrected chi connectivity index (χ0v) is 3.96. The molecule has 1 saturated heterocycles. The summed E-state index contributed by atoms with van der Waals surface area (Å²) in [5.74, 6) is 0. The highest BCUT2D eigenvalue weighted by Crippen LogP contribution is 2.07. The molecule has 1 unspecified atom stereocenters. The lowest BCUT2D eigenvalue weighted by Gasteiger charge is -1.90. The number of aliphatic hydroxyl groups is 1. The van der Waals surface area contributed by atoms with Crippen molar-refractivity contribution in [2.24, 2.45) is 0 Å². The van der Waals surface area contributed by atoms with Crippen LogP contribution >= 0.6 is 0 Å². The first kappa shape index (κ1) is 8.10. The second-order valence-corrected chi connectivity index (χ2v) is 1.46. The van der Waals surface area contributed by atoms with Gasteiger partial charge in [0.25, 0.3) is 0 Å². The van der Waals surface area contributed by atoms with Gasteiger partial charge in [-0.1, -0.05) is 0 Å². The van der Waals surface area contributed by atoms with Crippen molar-refractivity contribution in [1.29, 1.82) is 0 Å². The molecule has 1 atom stereocenters. The van der Waals surface area contributed by atoms with Crippen LogP contribution in [0.1, 0.15) is 0 Å². The molecule has 1 rings (SSSR count). The fraction of sp³-hybridized carbons (Fsp3) is 1.00. The minimum absolute atomic E-state index is 0. The van der Waals surface area contributed by atoms with Gasteiger partial charge in [-0.3, -0.25) is 0 Å².